The second kappa shape index (κ2) is 5.71. The zero-order valence-electron chi connectivity index (χ0n) is 12.8. The van der Waals surface area contributed by atoms with Crippen LogP contribution < -0.4 is 5.73 Å². The van der Waals surface area contributed by atoms with Gasteiger partial charge in [0.15, 0.2) is 0 Å². The Morgan fingerprint density at radius 3 is 2.05 bits per heavy atom. The summed E-state index contributed by atoms with van der Waals surface area (Å²) in [7, 11) is 0. The Labute approximate surface area is 121 Å². The molecule has 0 bridgehead atoms. The van der Waals surface area contributed by atoms with E-state index >= 15 is 0 Å². The molecule has 0 unspecified atom stereocenters. The Kier molecular flexibility index (Phi) is 4.19. The zero-order chi connectivity index (χ0) is 14.8. The first-order chi connectivity index (χ1) is 9.46. The molecule has 2 rings (SSSR count). The van der Waals surface area contributed by atoms with Crippen LogP contribution in [0.4, 0.5) is 0 Å². The van der Waals surface area contributed by atoms with Crippen molar-refractivity contribution < 1.29 is 0 Å². The lowest BCUT2D eigenvalue weighted by Gasteiger charge is -2.25. The number of hydrogen-bond donors (Lipinski definition) is 1. The molecule has 0 amide bonds. The minimum absolute atomic E-state index is 0.196. The molecule has 0 saturated heterocycles. The first-order valence-corrected chi connectivity index (χ1v) is 7.07. The van der Waals surface area contributed by atoms with Crippen LogP contribution in [0.25, 0.3) is 0 Å². The molecule has 2 N–H and O–H groups in total. The number of benzene rings is 1. The summed E-state index contributed by atoms with van der Waals surface area (Å²) in [5.74, 6) is 0.875. The number of aromatic nitrogens is 2. The molecule has 0 fully saturated rings. The second-order valence-electron chi connectivity index (χ2n) is 5.73. The van der Waals surface area contributed by atoms with Crippen molar-refractivity contribution in [3.05, 3.63) is 58.7 Å². The Morgan fingerprint density at radius 2 is 1.55 bits per heavy atom. The smallest absolute Gasteiger partial charge is 0.138 e. The van der Waals surface area contributed by atoms with Crippen molar-refractivity contribution in [2.45, 2.75) is 39.5 Å². The summed E-state index contributed by atoms with van der Waals surface area (Å²) in [5, 5.41) is 0. The topological polar surface area (TPSA) is 51.8 Å². The molecule has 3 heteroatoms. The SMILES string of the molecule is Cc1nc(C(C)(C)c2ccccc2)nc(C)c1CCN. The lowest BCUT2D eigenvalue weighted by atomic mass is 9.83. The standard InChI is InChI=1S/C17H23N3/c1-12-15(10-11-18)13(2)20-16(19-12)17(3,4)14-8-6-5-7-9-14/h5-9H,10-11,18H2,1-4H3. The van der Waals surface area contributed by atoms with E-state index in [1.165, 1.54) is 11.1 Å². The van der Waals surface area contributed by atoms with Gasteiger partial charge in [0.2, 0.25) is 0 Å². The molecule has 3 nitrogen and oxygen atoms in total. The number of hydrogen-bond acceptors (Lipinski definition) is 3. The average Bonchev–Trinajstić information content (AvgIpc) is 2.43. The summed E-state index contributed by atoms with van der Waals surface area (Å²) in [4.78, 5) is 9.47. The maximum atomic E-state index is 5.66. The van der Waals surface area contributed by atoms with Crippen molar-refractivity contribution in [1.82, 2.24) is 9.97 Å². The molecule has 0 saturated carbocycles. The number of rotatable bonds is 4. The third kappa shape index (κ3) is 2.73. The normalized spacial score (nSPS) is 11.7. The Hall–Kier alpha value is -1.74. The lowest BCUT2D eigenvalue weighted by molar-refractivity contribution is 0.581. The van der Waals surface area contributed by atoms with Crippen molar-refractivity contribution in [1.29, 1.82) is 0 Å². The van der Waals surface area contributed by atoms with Crippen molar-refractivity contribution in [3.63, 3.8) is 0 Å². The van der Waals surface area contributed by atoms with Crippen LogP contribution >= 0.6 is 0 Å². The van der Waals surface area contributed by atoms with E-state index in [1.807, 2.05) is 19.9 Å². The Bertz CT molecular complexity index is 565. The van der Waals surface area contributed by atoms with Crippen LogP contribution in [0.2, 0.25) is 0 Å². The van der Waals surface area contributed by atoms with Gasteiger partial charge in [-0.25, -0.2) is 9.97 Å². The fourth-order valence-corrected chi connectivity index (χ4v) is 2.51. The van der Waals surface area contributed by atoms with Gasteiger partial charge < -0.3 is 5.73 Å². The largest absolute Gasteiger partial charge is 0.330 e. The van der Waals surface area contributed by atoms with E-state index in [-0.39, 0.29) is 5.41 Å². The van der Waals surface area contributed by atoms with Crippen LogP contribution in [0.3, 0.4) is 0 Å². The minimum Gasteiger partial charge on any atom is -0.330 e. The summed E-state index contributed by atoms with van der Waals surface area (Å²) in [6.07, 6.45) is 0.837. The highest BCUT2D eigenvalue weighted by molar-refractivity contribution is 5.34. The number of nitrogens with two attached hydrogens (primary N) is 1. The van der Waals surface area contributed by atoms with Gasteiger partial charge in [-0.15, -0.1) is 0 Å². The van der Waals surface area contributed by atoms with Gasteiger partial charge in [0.05, 0.1) is 0 Å². The molecule has 1 aromatic carbocycles. The minimum atomic E-state index is -0.196. The third-order valence-corrected chi connectivity index (χ3v) is 3.87. The highest BCUT2D eigenvalue weighted by Gasteiger charge is 2.27. The molecule has 2 aromatic rings. The van der Waals surface area contributed by atoms with Gasteiger partial charge in [0.1, 0.15) is 5.82 Å². The van der Waals surface area contributed by atoms with E-state index in [0.717, 1.165) is 23.6 Å². The first-order valence-electron chi connectivity index (χ1n) is 7.07. The second-order valence-corrected chi connectivity index (χ2v) is 5.73. The van der Waals surface area contributed by atoms with Crippen molar-refractivity contribution in [2.24, 2.45) is 5.73 Å². The molecular formula is C17H23N3. The van der Waals surface area contributed by atoms with Gasteiger partial charge in [0, 0.05) is 16.8 Å². The summed E-state index contributed by atoms with van der Waals surface area (Å²) in [5.41, 5.74) is 9.96. The quantitative estimate of drug-likeness (QED) is 0.928. The van der Waals surface area contributed by atoms with Crippen LogP contribution in [0, 0.1) is 13.8 Å². The molecule has 0 aliphatic carbocycles. The van der Waals surface area contributed by atoms with E-state index < -0.39 is 0 Å². The summed E-state index contributed by atoms with van der Waals surface area (Å²) < 4.78 is 0. The average molecular weight is 269 g/mol. The zero-order valence-corrected chi connectivity index (χ0v) is 12.8. The molecular weight excluding hydrogens is 246 g/mol. The van der Waals surface area contributed by atoms with E-state index in [1.54, 1.807) is 0 Å². The Balaban J connectivity index is 2.48. The van der Waals surface area contributed by atoms with Gasteiger partial charge in [-0.3, -0.25) is 0 Å². The predicted molar refractivity (Wildman–Crippen MR) is 82.8 cm³/mol. The molecule has 1 aromatic heterocycles. The van der Waals surface area contributed by atoms with E-state index in [9.17, 15) is 0 Å². The molecule has 20 heavy (non-hydrogen) atoms. The monoisotopic (exact) mass is 269 g/mol. The molecule has 0 aliphatic rings. The summed E-state index contributed by atoms with van der Waals surface area (Å²) in [6.45, 7) is 9.05. The van der Waals surface area contributed by atoms with Crippen LogP contribution in [0.15, 0.2) is 30.3 Å². The van der Waals surface area contributed by atoms with Gasteiger partial charge in [-0.2, -0.15) is 0 Å². The highest BCUT2D eigenvalue weighted by Crippen LogP contribution is 2.29. The van der Waals surface area contributed by atoms with Crippen molar-refractivity contribution in [3.8, 4) is 0 Å². The van der Waals surface area contributed by atoms with Gasteiger partial charge >= 0.3 is 0 Å². The van der Waals surface area contributed by atoms with Gasteiger partial charge in [-0.1, -0.05) is 30.3 Å². The molecule has 0 aliphatic heterocycles. The molecule has 1 heterocycles. The summed E-state index contributed by atoms with van der Waals surface area (Å²) >= 11 is 0. The third-order valence-electron chi connectivity index (χ3n) is 3.87. The Morgan fingerprint density at radius 1 is 1.00 bits per heavy atom. The van der Waals surface area contributed by atoms with Crippen LogP contribution in [-0.2, 0) is 11.8 Å². The fraction of sp³-hybridized carbons (Fsp3) is 0.412. The van der Waals surface area contributed by atoms with Crippen LogP contribution in [0.5, 0.6) is 0 Å². The van der Waals surface area contributed by atoms with Crippen molar-refractivity contribution in [2.75, 3.05) is 6.54 Å². The fourth-order valence-electron chi connectivity index (χ4n) is 2.51. The predicted octanol–water partition coefficient (Wildman–Crippen LogP) is 2.92. The molecule has 0 spiro atoms. The molecule has 106 valence electrons. The lowest BCUT2D eigenvalue weighted by Crippen LogP contribution is -2.24. The highest BCUT2D eigenvalue weighted by atomic mass is 14.9. The van der Waals surface area contributed by atoms with Crippen LogP contribution in [0.1, 0.15) is 42.2 Å². The maximum Gasteiger partial charge on any atom is 0.138 e. The van der Waals surface area contributed by atoms with E-state index in [0.29, 0.717) is 6.54 Å². The van der Waals surface area contributed by atoms with E-state index in [2.05, 4.69) is 38.1 Å². The number of nitrogens with zero attached hydrogens (tertiary/aromatic N) is 2. The first kappa shape index (κ1) is 14.7. The van der Waals surface area contributed by atoms with Gasteiger partial charge in [0.25, 0.3) is 0 Å². The van der Waals surface area contributed by atoms with Crippen LogP contribution in [-0.4, -0.2) is 16.5 Å². The maximum absolute atomic E-state index is 5.66. The van der Waals surface area contributed by atoms with E-state index in [4.69, 9.17) is 15.7 Å². The van der Waals surface area contributed by atoms with Crippen molar-refractivity contribution >= 4 is 0 Å². The number of aryl methyl sites for hydroxylation is 2. The molecule has 0 radical (unpaired) electrons. The van der Waals surface area contributed by atoms with Gasteiger partial charge in [-0.05, 0) is 51.8 Å². The summed E-state index contributed by atoms with van der Waals surface area (Å²) in [6, 6.07) is 10.4. The molecule has 0 atom stereocenters.